The summed E-state index contributed by atoms with van der Waals surface area (Å²) < 4.78 is 58.1. The van der Waals surface area contributed by atoms with Crippen LogP contribution in [0, 0.1) is 5.82 Å². The van der Waals surface area contributed by atoms with Gasteiger partial charge >= 0.3 is 6.18 Å². The average molecular weight is 498 g/mol. The van der Waals surface area contributed by atoms with Crippen molar-refractivity contribution in [1.82, 2.24) is 29.1 Å². The van der Waals surface area contributed by atoms with Crippen molar-refractivity contribution in [3.05, 3.63) is 96.8 Å². The van der Waals surface area contributed by atoms with E-state index in [-0.39, 0.29) is 11.5 Å². The van der Waals surface area contributed by atoms with E-state index in [2.05, 4.69) is 20.2 Å². The molecule has 0 bridgehead atoms. The molecule has 0 aliphatic rings. The second-order valence-electron chi connectivity index (χ2n) is 8.67. The number of pyridine rings is 2. The third kappa shape index (κ3) is 3.33. The van der Waals surface area contributed by atoms with Crippen molar-refractivity contribution in [3.8, 4) is 16.8 Å². The number of aromatic nitrogens is 6. The summed E-state index contributed by atoms with van der Waals surface area (Å²) in [5, 5.41) is 9.65. The number of fused-ring (bicyclic) bond motifs is 6. The predicted molar refractivity (Wildman–Crippen MR) is 131 cm³/mol. The molecule has 0 saturated carbocycles. The largest absolute Gasteiger partial charge is 0.416 e. The number of halogens is 4. The van der Waals surface area contributed by atoms with Crippen molar-refractivity contribution in [1.29, 1.82) is 0 Å². The minimum absolute atomic E-state index is 0.0226. The molecule has 4 heterocycles. The summed E-state index contributed by atoms with van der Waals surface area (Å²) in [5.74, 6) is -0.772. The zero-order valence-corrected chi connectivity index (χ0v) is 18.8. The quantitative estimate of drug-likeness (QED) is 0.252. The zero-order chi connectivity index (χ0) is 25.3. The summed E-state index contributed by atoms with van der Waals surface area (Å²) >= 11 is 0. The van der Waals surface area contributed by atoms with Gasteiger partial charge in [0.05, 0.1) is 39.5 Å². The molecule has 0 atom stereocenters. The van der Waals surface area contributed by atoms with Gasteiger partial charge in [-0.3, -0.25) is 18.9 Å². The van der Waals surface area contributed by atoms with Gasteiger partial charge in [-0.15, -0.1) is 10.2 Å². The molecule has 7 aromatic rings. The first-order valence-electron chi connectivity index (χ1n) is 11.2. The Kier molecular flexibility index (Phi) is 4.38. The molecule has 6 nitrogen and oxygen atoms in total. The molecule has 0 aliphatic carbocycles. The molecule has 0 radical (unpaired) electrons. The van der Waals surface area contributed by atoms with Crippen molar-refractivity contribution in [2.45, 2.75) is 6.18 Å². The number of benzene rings is 3. The number of hydrogen-bond acceptors (Lipinski definition) is 4. The standard InChI is InChI=1S/C27H14F4N6/c28-19-9-18(27(29,30)31)10-20(11-19)37-25-21-8-15(17-7-16-3-1-2-4-22(16)32-12-17)5-6-23(21)33-13-24(25)36-14-34-35-26(36)37/h1-14H. The monoisotopic (exact) mass is 498 g/mol. The molecule has 180 valence electrons. The number of nitrogens with zero attached hydrogens (tertiary/aromatic N) is 6. The van der Waals surface area contributed by atoms with Crippen molar-refractivity contribution in [3.63, 3.8) is 0 Å². The van der Waals surface area contributed by atoms with E-state index in [9.17, 15) is 17.6 Å². The number of hydrogen-bond donors (Lipinski definition) is 0. The van der Waals surface area contributed by atoms with Gasteiger partial charge in [-0.1, -0.05) is 24.3 Å². The van der Waals surface area contributed by atoms with Crippen LogP contribution in [0.1, 0.15) is 5.56 Å². The predicted octanol–water partition coefficient (Wildman–Crippen LogP) is 6.59. The normalized spacial score (nSPS) is 12.3. The Morgan fingerprint density at radius 1 is 0.784 bits per heavy atom. The Bertz CT molecular complexity index is 2000. The van der Waals surface area contributed by atoms with Gasteiger partial charge < -0.3 is 0 Å². The minimum atomic E-state index is -4.72. The third-order valence-electron chi connectivity index (χ3n) is 6.42. The van der Waals surface area contributed by atoms with Crippen molar-refractivity contribution in [2.24, 2.45) is 0 Å². The summed E-state index contributed by atoms with van der Waals surface area (Å²) in [6.07, 6.45) is 0.104. The van der Waals surface area contributed by atoms with E-state index in [4.69, 9.17) is 0 Å². The van der Waals surface area contributed by atoms with Gasteiger partial charge in [-0.05, 0) is 48.0 Å². The maximum absolute atomic E-state index is 14.4. The summed E-state index contributed by atoms with van der Waals surface area (Å²) in [5.41, 5.74) is 3.18. The highest BCUT2D eigenvalue weighted by Crippen LogP contribution is 2.36. The van der Waals surface area contributed by atoms with Gasteiger partial charge in [0.1, 0.15) is 12.1 Å². The van der Waals surface area contributed by atoms with E-state index < -0.39 is 17.6 Å². The number of rotatable bonds is 2. The van der Waals surface area contributed by atoms with Crippen LogP contribution in [0.3, 0.4) is 0 Å². The third-order valence-corrected chi connectivity index (χ3v) is 6.42. The first-order valence-corrected chi connectivity index (χ1v) is 11.2. The molecule has 0 N–H and O–H groups in total. The van der Waals surface area contributed by atoms with Gasteiger partial charge in [0.25, 0.3) is 0 Å². The molecule has 4 aromatic heterocycles. The fourth-order valence-electron chi connectivity index (χ4n) is 4.75. The molecule has 3 aromatic carbocycles. The second kappa shape index (κ2) is 7.57. The zero-order valence-electron chi connectivity index (χ0n) is 18.8. The fraction of sp³-hybridized carbons (Fsp3) is 0.0370. The first-order chi connectivity index (χ1) is 17.9. The van der Waals surface area contributed by atoms with E-state index in [0.717, 1.165) is 34.2 Å². The summed E-state index contributed by atoms with van der Waals surface area (Å²) in [6, 6.07) is 17.9. The van der Waals surface area contributed by atoms with Crippen molar-refractivity contribution in [2.75, 3.05) is 0 Å². The number of alkyl halides is 3. The molecule has 0 unspecified atom stereocenters. The lowest BCUT2D eigenvalue weighted by atomic mass is 10.0. The maximum atomic E-state index is 14.4. The Labute approximate surface area is 205 Å². The first kappa shape index (κ1) is 21.4. The lowest BCUT2D eigenvalue weighted by Gasteiger charge is -2.12. The maximum Gasteiger partial charge on any atom is 0.416 e. The van der Waals surface area contributed by atoms with Crippen LogP contribution < -0.4 is 0 Å². The molecular weight excluding hydrogens is 484 g/mol. The smallest absolute Gasteiger partial charge is 0.276 e. The Balaban J connectivity index is 1.54. The highest BCUT2D eigenvalue weighted by atomic mass is 19.4. The van der Waals surface area contributed by atoms with Gasteiger partial charge in [-0.2, -0.15) is 13.2 Å². The van der Waals surface area contributed by atoms with E-state index in [1.807, 2.05) is 48.5 Å². The van der Waals surface area contributed by atoms with Crippen LogP contribution in [0.15, 0.2) is 85.5 Å². The van der Waals surface area contributed by atoms with Gasteiger partial charge in [0.15, 0.2) is 0 Å². The van der Waals surface area contributed by atoms with Gasteiger partial charge in [-0.25, -0.2) is 4.39 Å². The SMILES string of the molecule is Fc1cc(-n2c3c4cc(-c5cnc6ccccc6c5)ccc4ncc3n3cnnc23)cc(C(F)(F)F)c1. The molecule has 0 aliphatic heterocycles. The van der Waals surface area contributed by atoms with Crippen molar-refractivity contribution >= 4 is 38.6 Å². The van der Waals surface area contributed by atoms with Crippen LogP contribution in [0.4, 0.5) is 17.6 Å². The molecule has 0 saturated heterocycles. The lowest BCUT2D eigenvalue weighted by Crippen LogP contribution is -2.07. The van der Waals surface area contributed by atoms with Crippen LogP contribution in [-0.2, 0) is 6.18 Å². The molecule has 0 amide bonds. The van der Waals surface area contributed by atoms with Crippen LogP contribution in [0.2, 0.25) is 0 Å². The lowest BCUT2D eigenvalue weighted by molar-refractivity contribution is -0.137. The molecule has 7 rings (SSSR count). The topological polar surface area (TPSA) is 60.9 Å². The number of para-hydroxylation sites is 1. The van der Waals surface area contributed by atoms with E-state index in [1.54, 1.807) is 16.8 Å². The Morgan fingerprint density at radius 3 is 2.49 bits per heavy atom. The molecule has 37 heavy (non-hydrogen) atoms. The molecule has 0 fully saturated rings. The average Bonchev–Trinajstić information content (AvgIpc) is 3.48. The molecule has 0 spiro atoms. The highest BCUT2D eigenvalue weighted by molar-refractivity contribution is 6.06. The Hall–Kier alpha value is -4.86. The summed E-state index contributed by atoms with van der Waals surface area (Å²) in [6.45, 7) is 0. The summed E-state index contributed by atoms with van der Waals surface area (Å²) in [4.78, 5) is 9.09. The van der Waals surface area contributed by atoms with E-state index in [0.29, 0.717) is 28.0 Å². The van der Waals surface area contributed by atoms with Crippen LogP contribution in [0.5, 0.6) is 0 Å². The van der Waals surface area contributed by atoms with Gasteiger partial charge in [0, 0.05) is 22.5 Å². The minimum Gasteiger partial charge on any atom is -0.276 e. The summed E-state index contributed by atoms with van der Waals surface area (Å²) in [7, 11) is 0. The van der Waals surface area contributed by atoms with E-state index >= 15 is 0 Å². The molecule has 10 heteroatoms. The van der Waals surface area contributed by atoms with E-state index in [1.165, 1.54) is 10.9 Å². The second-order valence-corrected chi connectivity index (χ2v) is 8.67. The Morgan fingerprint density at radius 2 is 1.62 bits per heavy atom. The van der Waals surface area contributed by atoms with Gasteiger partial charge in [0.2, 0.25) is 5.78 Å². The highest BCUT2D eigenvalue weighted by Gasteiger charge is 2.32. The van der Waals surface area contributed by atoms with Crippen molar-refractivity contribution < 1.29 is 17.6 Å². The fourth-order valence-corrected chi connectivity index (χ4v) is 4.75. The van der Waals surface area contributed by atoms with Crippen LogP contribution in [0.25, 0.3) is 55.4 Å². The molecular formula is C27H14F4N6. The number of imidazole rings is 1. The van der Waals surface area contributed by atoms with Crippen LogP contribution >= 0.6 is 0 Å². The van der Waals surface area contributed by atoms with Crippen LogP contribution in [-0.4, -0.2) is 29.1 Å².